The summed E-state index contributed by atoms with van der Waals surface area (Å²) in [7, 11) is 0. The molecule has 4 aromatic rings. The molecule has 0 spiro atoms. The summed E-state index contributed by atoms with van der Waals surface area (Å²) in [5, 5.41) is 16.4. The molecule has 11 heteroatoms. The Morgan fingerprint density at radius 3 is 2.75 bits per heavy atom. The van der Waals surface area contributed by atoms with E-state index in [2.05, 4.69) is 30.6 Å². The average molecular weight is 457 g/mol. The molecule has 0 saturated carbocycles. The number of hydrogen-bond donors (Lipinski definition) is 2. The minimum Gasteiger partial charge on any atom is -0.444 e. The lowest BCUT2D eigenvalue weighted by Crippen LogP contribution is -2.44. The first kappa shape index (κ1) is 21.9. The van der Waals surface area contributed by atoms with Gasteiger partial charge < -0.3 is 24.0 Å². The standard InChI is InChI=1S/C21H24N6O4S/c1-20(2,3)30-18(28)24-21(4,5)17-23-15(31-27-17)11-32-19-26-25-16(29-19)13-10-22-14-9-7-6-8-12(13)14/h6-10,22H,11H2,1-5H3,(H,24,28). The lowest BCUT2D eigenvalue weighted by Gasteiger charge is -2.26. The smallest absolute Gasteiger partial charge is 0.408 e. The molecule has 0 bridgehead atoms. The van der Waals surface area contributed by atoms with E-state index in [4.69, 9.17) is 13.7 Å². The van der Waals surface area contributed by atoms with Crippen LogP contribution >= 0.6 is 11.8 Å². The summed E-state index contributed by atoms with van der Waals surface area (Å²) in [5.41, 5.74) is 0.363. The van der Waals surface area contributed by atoms with E-state index in [0.29, 0.717) is 28.6 Å². The summed E-state index contributed by atoms with van der Waals surface area (Å²) in [4.78, 5) is 19.7. The molecule has 2 N–H and O–H groups in total. The van der Waals surface area contributed by atoms with Gasteiger partial charge in [-0.05, 0) is 40.7 Å². The topological polar surface area (TPSA) is 132 Å². The Hall–Kier alpha value is -3.34. The van der Waals surface area contributed by atoms with Crippen LogP contribution < -0.4 is 5.32 Å². The number of para-hydroxylation sites is 1. The van der Waals surface area contributed by atoms with Crippen molar-refractivity contribution >= 4 is 28.8 Å². The van der Waals surface area contributed by atoms with E-state index in [1.165, 1.54) is 11.8 Å². The van der Waals surface area contributed by atoms with Crippen LogP contribution in [-0.2, 0) is 16.0 Å². The fourth-order valence-electron chi connectivity index (χ4n) is 2.93. The summed E-state index contributed by atoms with van der Waals surface area (Å²) in [6, 6.07) is 7.89. The minimum atomic E-state index is -0.873. The zero-order chi connectivity index (χ0) is 22.9. The van der Waals surface area contributed by atoms with Crippen LogP contribution in [0.15, 0.2) is 44.6 Å². The van der Waals surface area contributed by atoms with Gasteiger partial charge in [-0.2, -0.15) is 4.98 Å². The first-order valence-electron chi connectivity index (χ1n) is 9.98. The lowest BCUT2D eigenvalue weighted by molar-refractivity contribution is 0.0465. The van der Waals surface area contributed by atoms with Crippen LogP contribution in [0.1, 0.15) is 46.3 Å². The van der Waals surface area contributed by atoms with E-state index < -0.39 is 17.2 Å². The van der Waals surface area contributed by atoms with Gasteiger partial charge in [0.15, 0.2) is 5.82 Å². The number of aromatic amines is 1. The Balaban J connectivity index is 1.39. The third kappa shape index (κ3) is 4.93. The van der Waals surface area contributed by atoms with Crippen LogP contribution in [0.3, 0.4) is 0 Å². The molecule has 0 radical (unpaired) electrons. The molecule has 3 heterocycles. The quantitative estimate of drug-likeness (QED) is 0.398. The number of carbonyl (C=O) groups excluding carboxylic acids is 1. The maximum absolute atomic E-state index is 12.1. The van der Waals surface area contributed by atoms with E-state index in [0.717, 1.165) is 16.5 Å². The van der Waals surface area contributed by atoms with Gasteiger partial charge >= 0.3 is 6.09 Å². The van der Waals surface area contributed by atoms with Crippen molar-refractivity contribution in [1.29, 1.82) is 0 Å². The number of aromatic nitrogens is 5. The van der Waals surface area contributed by atoms with Crippen LogP contribution in [0.5, 0.6) is 0 Å². The van der Waals surface area contributed by atoms with E-state index in [9.17, 15) is 4.79 Å². The van der Waals surface area contributed by atoms with Crippen LogP contribution in [-0.4, -0.2) is 37.0 Å². The van der Waals surface area contributed by atoms with Crippen molar-refractivity contribution in [1.82, 2.24) is 30.6 Å². The van der Waals surface area contributed by atoms with Gasteiger partial charge in [0.2, 0.25) is 5.89 Å². The van der Waals surface area contributed by atoms with Gasteiger partial charge in [-0.15, -0.1) is 10.2 Å². The van der Waals surface area contributed by atoms with Crippen LogP contribution in [0.4, 0.5) is 4.79 Å². The zero-order valence-corrected chi connectivity index (χ0v) is 19.2. The third-order valence-corrected chi connectivity index (χ3v) is 5.19. The lowest BCUT2D eigenvalue weighted by atomic mass is 10.1. The largest absolute Gasteiger partial charge is 0.444 e. The van der Waals surface area contributed by atoms with E-state index in [-0.39, 0.29) is 0 Å². The Kier molecular flexibility index (Phi) is 5.68. The SMILES string of the molecule is CC(C)(C)OC(=O)NC(C)(C)c1noc(CSc2nnc(-c3c[nH]c4ccccc34)o2)n1. The second-order valence-corrected chi connectivity index (χ2v) is 9.60. The molecule has 0 fully saturated rings. The molecule has 32 heavy (non-hydrogen) atoms. The molecule has 0 aliphatic rings. The molecule has 10 nitrogen and oxygen atoms in total. The number of nitrogens with zero attached hydrogens (tertiary/aromatic N) is 4. The van der Waals surface area contributed by atoms with E-state index in [1.807, 2.05) is 30.5 Å². The Morgan fingerprint density at radius 2 is 1.97 bits per heavy atom. The van der Waals surface area contributed by atoms with E-state index >= 15 is 0 Å². The summed E-state index contributed by atoms with van der Waals surface area (Å²) >= 11 is 1.28. The Labute approximate surface area is 188 Å². The van der Waals surface area contributed by atoms with Crippen molar-refractivity contribution in [3.05, 3.63) is 42.2 Å². The van der Waals surface area contributed by atoms with Crippen LogP contribution in [0.2, 0.25) is 0 Å². The Bertz CT molecular complexity index is 1240. The monoisotopic (exact) mass is 456 g/mol. The molecule has 4 rings (SSSR count). The van der Waals surface area contributed by atoms with Crippen molar-refractivity contribution in [2.75, 3.05) is 0 Å². The zero-order valence-electron chi connectivity index (χ0n) is 18.4. The number of amides is 1. The number of alkyl carbamates (subject to hydrolysis) is 1. The highest BCUT2D eigenvalue weighted by atomic mass is 32.2. The van der Waals surface area contributed by atoms with Crippen molar-refractivity contribution in [2.24, 2.45) is 0 Å². The van der Waals surface area contributed by atoms with Gasteiger partial charge in [-0.1, -0.05) is 35.1 Å². The van der Waals surface area contributed by atoms with Crippen molar-refractivity contribution in [2.45, 2.75) is 56.7 Å². The molecule has 168 valence electrons. The first-order valence-corrected chi connectivity index (χ1v) is 11.0. The van der Waals surface area contributed by atoms with Gasteiger partial charge in [0.25, 0.3) is 11.1 Å². The molecule has 0 saturated heterocycles. The van der Waals surface area contributed by atoms with Gasteiger partial charge in [0.05, 0.1) is 11.3 Å². The number of rotatable bonds is 6. The molecule has 1 aromatic carbocycles. The highest BCUT2D eigenvalue weighted by molar-refractivity contribution is 7.98. The predicted octanol–water partition coefficient (Wildman–Crippen LogP) is 4.65. The third-order valence-electron chi connectivity index (χ3n) is 4.39. The number of H-pyrrole nitrogens is 1. The fourth-order valence-corrected chi connectivity index (χ4v) is 3.53. The van der Waals surface area contributed by atoms with Crippen molar-refractivity contribution < 1.29 is 18.5 Å². The minimum absolute atomic E-state index is 0.337. The molecule has 0 atom stereocenters. The second kappa shape index (κ2) is 8.30. The predicted molar refractivity (Wildman–Crippen MR) is 118 cm³/mol. The average Bonchev–Trinajstić information content (AvgIpc) is 3.43. The Morgan fingerprint density at radius 1 is 1.19 bits per heavy atom. The van der Waals surface area contributed by atoms with Crippen molar-refractivity contribution in [3.8, 4) is 11.5 Å². The van der Waals surface area contributed by atoms with Gasteiger partial charge in [0, 0.05) is 17.1 Å². The van der Waals surface area contributed by atoms with Gasteiger partial charge in [-0.3, -0.25) is 0 Å². The number of carbonyl (C=O) groups is 1. The first-order chi connectivity index (χ1) is 15.1. The molecule has 3 aromatic heterocycles. The number of ether oxygens (including phenoxy) is 1. The van der Waals surface area contributed by atoms with E-state index in [1.54, 1.807) is 34.6 Å². The fraction of sp³-hybridized carbons (Fsp3) is 0.381. The number of fused-ring (bicyclic) bond motifs is 1. The highest BCUT2D eigenvalue weighted by Gasteiger charge is 2.31. The molecule has 0 aliphatic carbocycles. The molecule has 1 amide bonds. The molecular weight excluding hydrogens is 432 g/mol. The van der Waals surface area contributed by atoms with Crippen molar-refractivity contribution in [3.63, 3.8) is 0 Å². The maximum atomic E-state index is 12.1. The summed E-state index contributed by atoms with van der Waals surface area (Å²) < 4.78 is 16.4. The molecule has 0 aliphatic heterocycles. The van der Waals surface area contributed by atoms with Gasteiger partial charge in [0.1, 0.15) is 11.1 Å². The summed E-state index contributed by atoms with van der Waals surface area (Å²) in [5.74, 6) is 1.48. The number of thioether (sulfide) groups is 1. The number of hydrogen-bond acceptors (Lipinski definition) is 9. The second-order valence-electron chi connectivity index (χ2n) is 8.67. The highest BCUT2D eigenvalue weighted by Crippen LogP contribution is 2.30. The number of benzene rings is 1. The van der Waals surface area contributed by atoms with Crippen LogP contribution in [0.25, 0.3) is 22.4 Å². The normalized spacial score (nSPS) is 12.3. The number of nitrogens with one attached hydrogen (secondary N) is 2. The molecular formula is C21H24N6O4S. The molecule has 0 unspecified atom stereocenters. The summed E-state index contributed by atoms with van der Waals surface area (Å²) in [6.07, 6.45) is 1.29. The summed E-state index contributed by atoms with van der Waals surface area (Å²) in [6.45, 7) is 8.93. The van der Waals surface area contributed by atoms with Gasteiger partial charge in [-0.25, -0.2) is 4.79 Å². The van der Waals surface area contributed by atoms with Crippen LogP contribution in [0, 0.1) is 0 Å². The maximum Gasteiger partial charge on any atom is 0.408 e.